The highest BCUT2D eigenvalue weighted by molar-refractivity contribution is 5.95. The maximum atomic E-state index is 13.1. The zero-order valence-electron chi connectivity index (χ0n) is 20.7. The minimum Gasteiger partial charge on any atom is -0.480 e. The lowest BCUT2D eigenvalue weighted by molar-refractivity contribution is -0.142. The molecule has 4 atom stereocenters. The number of nitrogens with two attached hydrogens (primary N) is 2. The van der Waals surface area contributed by atoms with E-state index in [1.165, 1.54) is 0 Å². The first-order valence-corrected chi connectivity index (χ1v) is 11.8. The Hall–Kier alpha value is -3.97. The number of aliphatic carboxylic acids is 1. The second-order valence-corrected chi connectivity index (χ2v) is 9.17. The quantitative estimate of drug-likeness (QED) is 0.146. The molecule has 13 nitrogen and oxygen atoms in total. The van der Waals surface area contributed by atoms with E-state index in [0.29, 0.717) is 5.56 Å². The Bertz CT molecular complexity index is 1130. The first kappa shape index (κ1) is 29.3. The van der Waals surface area contributed by atoms with E-state index < -0.39 is 66.8 Å². The molecule has 1 heterocycles. The van der Waals surface area contributed by atoms with Crippen molar-refractivity contribution in [3.63, 3.8) is 0 Å². The third-order valence-corrected chi connectivity index (χ3v) is 5.63. The zero-order valence-corrected chi connectivity index (χ0v) is 20.7. The predicted octanol–water partition coefficient (Wildman–Crippen LogP) is -1.51. The summed E-state index contributed by atoms with van der Waals surface area (Å²) in [5.74, 6) is -4.64. The lowest BCUT2D eigenvalue weighted by Gasteiger charge is -2.25. The topological polar surface area (TPSA) is 230 Å². The summed E-state index contributed by atoms with van der Waals surface area (Å²) in [5.41, 5.74) is 12.1. The minimum absolute atomic E-state index is 0.000502. The highest BCUT2D eigenvalue weighted by atomic mass is 16.4. The second-order valence-electron chi connectivity index (χ2n) is 9.17. The highest BCUT2D eigenvalue weighted by Crippen LogP contribution is 2.19. The van der Waals surface area contributed by atoms with Crippen LogP contribution in [0.2, 0.25) is 0 Å². The number of amides is 4. The van der Waals surface area contributed by atoms with Crippen LogP contribution in [0.5, 0.6) is 0 Å². The average Bonchev–Trinajstić information content (AvgIpc) is 3.23. The third-order valence-electron chi connectivity index (χ3n) is 5.63. The van der Waals surface area contributed by atoms with Gasteiger partial charge in [0.15, 0.2) is 0 Å². The van der Waals surface area contributed by atoms with Crippen LogP contribution in [0, 0.1) is 5.92 Å². The van der Waals surface area contributed by atoms with Crippen LogP contribution in [0.1, 0.15) is 32.3 Å². The van der Waals surface area contributed by atoms with Crippen molar-refractivity contribution in [2.75, 3.05) is 6.61 Å². The van der Waals surface area contributed by atoms with Crippen LogP contribution >= 0.6 is 0 Å². The Balaban J connectivity index is 2.12. The number of primary amides is 1. The fourth-order valence-corrected chi connectivity index (χ4v) is 3.75. The van der Waals surface area contributed by atoms with Gasteiger partial charge in [0, 0.05) is 23.5 Å². The Morgan fingerprint density at radius 2 is 1.54 bits per heavy atom. The Morgan fingerprint density at radius 3 is 2.14 bits per heavy atom. The van der Waals surface area contributed by atoms with Crippen molar-refractivity contribution >= 4 is 40.5 Å². The monoisotopic (exact) mass is 518 g/mol. The molecule has 0 spiro atoms. The van der Waals surface area contributed by atoms with Gasteiger partial charge in [0.1, 0.15) is 18.1 Å². The molecule has 13 heteroatoms. The van der Waals surface area contributed by atoms with Gasteiger partial charge in [0.05, 0.1) is 19.1 Å². The molecule has 10 N–H and O–H groups in total. The van der Waals surface area contributed by atoms with Gasteiger partial charge in [-0.3, -0.25) is 19.2 Å². The Labute approximate surface area is 213 Å². The third kappa shape index (κ3) is 8.58. The summed E-state index contributed by atoms with van der Waals surface area (Å²) >= 11 is 0. The summed E-state index contributed by atoms with van der Waals surface area (Å²) in [4.78, 5) is 63.9. The van der Waals surface area contributed by atoms with Gasteiger partial charge < -0.3 is 42.6 Å². The first-order chi connectivity index (χ1) is 17.4. The number of hydrogen-bond donors (Lipinski definition) is 8. The number of benzene rings is 1. The summed E-state index contributed by atoms with van der Waals surface area (Å²) in [6.45, 7) is 2.80. The van der Waals surface area contributed by atoms with Crippen LogP contribution in [0.15, 0.2) is 30.5 Å². The highest BCUT2D eigenvalue weighted by Gasteiger charge is 2.31. The lowest BCUT2D eigenvalue weighted by Crippen LogP contribution is -2.58. The summed E-state index contributed by atoms with van der Waals surface area (Å²) < 4.78 is 0. The maximum absolute atomic E-state index is 13.1. The number of para-hydroxylation sites is 1. The van der Waals surface area contributed by atoms with E-state index in [1.54, 1.807) is 20.0 Å². The number of carboxylic acid groups (broad SMARTS) is 1. The average molecular weight is 519 g/mol. The number of carbonyl (C=O) groups excluding carboxylic acids is 4. The van der Waals surface area contributed by atoms with Crippen LogP contribution < -0.4 is 27.4 Å². The van der Waals surface area contributed by atoms with Gasteiger partial charge >= 0.3 is 5.97 Å². The van der Waals surface area contributed by atoms with E-state index in [0.717, 1.165) is 10.9 Å². The van der Waals surface area contributed by atoms with Gasteiger partial charge in [-0.1, -0.05) is 32.0 Å². The number of aromatic nitrogens is 1. The van der Waals surface area contributed by atoms with Gasteiger partial charge in [0.2, 0.25) is 23.6 Å². The zero-order chi connectivity index (χ0) is 27.7. The Kier molecular flexibility index (Phi) is 10.6. The van der Waals surface area contributed by atoms with Gasteiger partial charge in [-0.25, -0.2) is 4.79 Å². The minimum atomic E-state index is -1.46. The van der Waals surface area contributed by atoms with Crippen LogP contribution in [0.3, 0.4) is 0 Å². The van der Waals surface area contributed by atoms with Gasteiger partial charge in [-0.15, -0.1) is 0 Å². The maximum Gasteiger partial charge on any atom is 0.326 e. The SMILES string of the molecule is CC(C)CC(NC(=O)C(CO)NC(=O)C(N)CC(N)=O)C(=O)NC(Cc1c[nH]c2ccccc12)C(=O)O. The van der Waals surface area contributed by atoms with Crippen molar-refractivity contribution < 1.29 is 34.2 Å². The summed E-state index contributed by atoms with van der Waals surface area (Å²) in [6.07, 6.45) is 1.37. The van der Waals surface area contributed by atoms with E-state index in [1.807, 2.05) is 24.3 Å². The number of fused-ring (bicyclic) bond motifs is 1. The molecule has 2 aromatic rings. The van der Waals surface area contributed by atoms with Crippen LogP contribution in [-0.4, -0.2) is 75.6 Å². The van der Waals surface area contributed by atoms with Crippen LogP contribution in [0.4, 0.5) is 0 Å². The molecule has 202 valence electrons. The van der Waals surface area contributed by atoms with Gasteiger partial charge in [0.25, 0.3) is 0 Å². The Morgan fingerprint density at radius 1 is 0.946 bits per heavy atom. The standard InChI is InChI=1S/C24H34N6O7/c1-12(2)7-17(28-23(35)19(11-31)30-21(33)15(25)9-20(26)32)22(34)29-18(24(36)37)8-13-10-27-16-6-4-3-5-14(13)16/h3-6,10,12,15,17-19,27,31H,7-9,11,25H2,1-2H3,(H2,26,32)(H,28,35)(H,29,34)(H,30,33)(H,36,37). The van der Waals surface area contributed by atoms with E-state index in [9.17, 15) is 34.2 Å². The van der Waals surface area contributed by atoms with Crippen molar-refractivity contribution in [2.45, 2.75) is 57.3 Å². The number of hydrogen-bond acceptors (Lipinski definition) is 7. The largest absolute Gasteiger partial charge is 0.480 e. The molecule has 0 saturated carbocycles. The summed E-state index contributed by atoms with van der Waals surface area (Å²) in [7, 11) is 0. The van der Waals surface area contributed by atoms with E-state index in [4.69, 9.17) is 11.5 Å². The molecule has 4 unspecified atom stereocenters. The molecule has 0 aliphatic carbocycles. The number of aliphatic hydroxyl groups excluding tert-OH is 1. The van der Waals surface area contributed by atoms with E-state index >= 15 is 0 Å². The second kappa shape index (κ2) is 13.4. The molecule has 0 saturated heterocycles. The fourth-order valence-electron chi connectivity index (χ4n) is 3.75. The van der Waals surface area contributed by atoms with Crippen molar-refractivity contribution in [3.05, 3.63) is 36.0 Å². The van der Waals surface area contributed by atoms with Gasteiger partial charge in [-0.2, -0.15) is 0 Å². The lowest BCUT2D eigenvalue weighted by atomic mass is 10.0. The molecule has 0 fully saturated rings. The molecule has 2 rings (SSSR count). The van der Waals surface area contributed by atoms with Crippen molar-refractivity contribution in [3.8, 4) is 0 Å². The smallest absolute Gasteiger partial charge is 0.326 e. The first-order valence-electron chi connectivity index (χ1n) is 11.8. The van der Waals surface area contributed by atoms with Crippen LogP contribution in [-0.2, 0) is 30.4 Å². The molecule has 1 aromatic heterocycles. The van der Waals surface area contributed by atoms with E-state index in [-0.39, 0.29) is 18.8 Å². The molecule has 37 heavy (non-hydrogen) atoms. The van der Waals surface area contributed by atoms with Crippen molar-refractivity contribution in [2.24, 2.45) is 17.4 Å². The number of H-pyrrole nitrogens is 1. The number of nitrogens with one attached hydrogen (secondary N) is 4. The predicted molar refractivity (Wildman–Crippen MR) is 134 cm³/mol. The number of aromatic amines is 1. The number of carboxylic acids is 1. The summed E-state index contributed by atoms with van der Waals surface area (Å²) in [6, 6.07) is 2.12. The summed E-state index contributed by atoms with van der Waals surface area (Å²) in [5, 5.41) is 27.3. The molecule has 0 aliphatic heterocycles. The molecule has 0 bridgehead atoms. The molecule has 1 aromatic carbocycles. The van der Waals surface area contributed by atoms with Crippen LogP contribution in [0.25, 0.3) is 10.9 Å². The molecule has 0 radical (unpaired) electrons. The normalized spacial score (nSPS) is 14.4. The van der Waals surface area contributed by atoms with Gasteiger partial charge in [-0.05, 0) is 24.0 Å². The fraction of sp³-hybridized carbons (Fsp3) is 0.458. The number of rotatable bonds is 14. The van der Waals surface area contributed by atoms with E-state index in [2.05, 4.69) is 20.9 Å². The molecule has 4 amide bonds. The molecular formula is C24H34N6O7. The molecular weight excluding hydrogens is 484 g/mol. The van der Waals surface area contributed by atoms with Crippen molar-refractivity contribution in [1.29, 1.82) is 0 Å². The molecule has 0 aliphatic rings. The number of aliphatic hydroxyl groups is 1. The number of carbonyl (C=O) groups is 5. The van der Waals surface area contributed by atoms with Crippen molar-refractivity contribution in [1.82, 2.24) is 20.9 Å².